The van der Waals surface area contributed by atoms with Crippen molar-refractivity contribution in [3.8, 4) is 6.07 Å². The second-order valence-corrected chi connectivity index (χ2v) is 7.25. The van der Waals surface area contributed by atoms with Gasteiger partial charge < -0.3 is 0 Å². The van der Waals surface area contributed by atoms with Crippen LogP contribution in [-0.2, 0) is 0 Å². The predicted octanol–water partition coefficient (Wildman–Crippen LogP) is 4.46. The molecule has 2 nitrogen and oxygen atoms in total. The van der Waals surface area contributed by atoms with E-state index in [0.29, 0.717) is 5.92 Å². The smallest absolute Gasteiger partial charge is 0.109 e. The number of thioether (sulfide) groups is 1. The van der Waals surface area contributed by atoms with Crippen molar-refractivity contribution in [2.24, 2.45) is 5.92 Å². The summed E-state index contributed by atoms with van der Waals surface area (Å²) in [7, 11) is 0. The van der Waals surface area contributed by atoms with E-state index < -0.39 is 0 Å². The van der Waals surface area contributed by atoms with Crippen LogP contribution in [0.1, 0.15) is 43.7 Å². The van der Waals surface area contributed by atoms with Crippen molar-refractivity contribution >= 4 is 11.8 Å². The topological polar surface area (TPSA) is 35.8 Å². The zero-order chi connectivity index (χ0) is 15.3. The van der Waals surface area contributed by atoms with Gasteiger partial charge in [-0.2, -0.15) is 5.26 Å². The largest absolute Gasteiger partial charge is 0.299 e. The highest BCUT2D eigenvalue weighted by Crippen LogP contribution is 2.39. The molecule has 2 unspecified atom stereocenters. The van der Waals surface area contributed by atoms with E-state index in [1.165, 1.54) is 28.9 Å². The minimum absolute atomic E-state index is 0.266. The number of hydrogen-bond acceptors (Lipinski definition) is 3. The first-order valence-corrected chi connectivity index (χ1v) is 8.96. The summed E-state index contributed by atoms with van der Waals surface area (Å²) in [6.45, 7) is 7.30. The van der Waals surface area contributed by atoms with Gasteiger partial charge in [-0.15, -0.1) is 11.8 Å². The molecule has 0 saturated heterocycles. The Morgan fingerprint density at radius 1 is 1.43 bits per heavy atom. The van der Waals surface area contributed by atoms with Crippen molar-refractivity contribution in [2.75, 3.05) is 12.3 Å². The van der Waals surface area contributed by atoms with Crippen molar-refractivity contribution in [2.45, 2.75) is 56.9 Å². The summed E-state index contributed by atoms with van der Waals surface area (Å²) in [4.78, 5) is 1.38. The van der Waals surface area contributed by atoms with Gasteiger partial charge in [0.1, 0.15) is 5.54 Å². The fourth-order valence-corrected chi connectivity index (χ4v) is 4.55. The van der Waals surface area contributed by atoms with Crippen molar-refractivity contribution < 1.29 is 0 Å². The molecular weight excluding hydrogens is 276 g/mol. The van der Waals surface area contributed by atoms with E-state index in [1.54, 1.807) is 0 Å². The van der Waals surface area contributed by atoms with Crippen LogP contribution in [0.5, 0.6) is 0 Å². The van der Waals surface area contributed by atoms with Crippen LogP contribution in [0.4, 0.5) is 0 Å². The molecule has 1 aromatic carbocycles. The molecule has 1 N–H and O–H groups in total. The zero-order valence-corrected chi connectivity index (χ0v) is 14.2. The quantitative estimate of drug-likeness (QED) is 0.788. The van der Waals surface area contributed by atoms with Gasteiger partial charge in [0.15, 0.2) is 0 Å². The average Bonchev–Trinajstić information content (AvgIpc) is 2.85. The maximum atomic E-state index is 9.59. The monoisotopic (exact) mass is 302 g/mol. The molecule has 0 bridgehead atoms. The molecule has 0 heterocycles. The molecule has 0 aliphatic heterocycles. The van der Waals surface area contributed by atoms with Gasteiger partial charge in [-0.3, -0.25) is 5.32 Å². The lowest BCUT2D eigenvalue weighted by molar-refractivity contribution is 0.317. The Bertz CT molecular complexity index is 520. The molecule has 1 aromatic rings. The van der Waals surface area contributed by atoms with E-state index >= 15 is 0 Å². The highest BCUT2D eigenvalue weighted by Gasteiger charge is 2.41. The number of hydrogen-bond donors (Lipinski definition) is 1. The van der Waals surface area contributed by atoms with Crippen LogP contribution in [0.3, 0.4) is 0 Å². The molecule has 2 atom stereocenters. The Morgan fingerprint density at radius 2 is 2.24 bits per heavy atom. The summed E-state index contributed by atoms with van der Waals surface area (Å²) in [5.74, 6) is 1.60. The molecule has 3 heteroatoms. The van der Waals surface area contributed by atoms with Gasteiger partial charge in [-0.1, -0.05) is 31.0 Å². The molecule has 2 rings (SSSR count). The lowest BCUT2D eigenvalue weighted by Gasteiger charge is -2.29. The molecule has 21 heavy (non-hydrogen) atoms. The average molecular weight is 302 g/mol. The molecule has 0 amide bonds. The minimum Gasteiger partial charge on any atom is -0.299 e. The third-order valence-electron chi connectivity index (χ3n) is 4.57. The van der Waals surface area contributed by atoms with E-state index in [-0.39, 0.29) is 5.54 Å². The Hall–Kier alpha value is -0.980. The number of nitrogens with one attached hydrogen (secondary N) is 1. The summed E-state index contributed by atoms with van der Waals surface area (Å²) in [6, 6.07) is 9.23. The van der Waals surface area contributed by atoms with Crippen molar-refractivity contribution in [3.05, 3.63) is 29.3 Å². The van der Waals surface area contributed by atoms with Gasteiger partial charge in [0.05, 0.1) is 6.07 Å². The van der Waals surface area contributed by atoms with Crippen molar-refractivity contribution in [1.29, 1.82) is 5.26 Å². The Labute approximate surface area is 133 Å². The normalized spacial score (nSPS) is 25.0. The van der Waals surface area contributed by atoms with Crippen LogP contribution in [0.2, 0.25) is 0 Å². The Kier molecular flexibility index (Phi) is 5.72. The van der Waals surface area contributed by atoms with E-state index in [2.05, 4.69) is 50.4 Å². The van der Waals surface area contributed by atoms with Gasteiger partial charge in [0.25, 0.3) is 0 Å². The minimum atomic E-state index is -0.266. The van der Waals surface area contributed by atoms with Crippen LogP contribution >= 0.6 is 11.8 Å². The van der Waals surface area contributed by atoms with Crippen molar-refractivity contribution in [1.82, 2.24) is 5.32 Å². The lowest BCUT2D eigenvalue weighted by atomic mass is 9.86. The highest BCUT2D eigenvalue weighted by molar-refractivity contribution is 7.99. The fourth-order valence-electron chi connectivity index (χ4n) is 3.48. The summed E-state index contributed by atoms with van der Waals surface area (Å²) in [5, 5.41) is 13.0. The Morgan fingerprint density at radius 3 is 2.90 bits per heavy atom. The number of benzene rings is 1. The molecule has 1 aliphatic carbocycles. The van der Waals surface area contributed by atoms with Crippen LogP contribution < -0.4 is 5.32 Å². The van der Waals surface area contributed by atoms with Gasteiger partial charge in [0.2, 0.25) is 0 Å². The third-order valence-corrected chi connectivity index (χ3v) is 5.78. The first kappa shape index (κ1) is 16.4. The first-order chi connectivity index (χ1) is 10.1. The molecule has 0 spiro atoms. The summed E-state index contributed by atoms with van der Waals surface area (Å²) in [6.07, 6.45) is 4.50. The summed E-state index contributed by atoms with van der Waals surface area (Å²) < 4.78 is 0. The van der Waals surface area contributed by atoms with Crippen LogP contribution in [0, 0.1) is 31.1 Å². The molecule has 0 aromatic heterocycles. The van der Waals surface area contributed by atoms with Crippen LogP contribution in [0.25, 0.3) is 0 Å². The maximum absolute atomic E-state index is 9.59. The molecule has 0 radical (unpaired) electrons. The second kappa shape index (κ2) is 7.33. The first-order valence-electron chi connectivity index (χ1n) is 7.97. The number of aryl methyl sites for hydroxylation is 2. The second-order valence-electron chi connectivity index (χ2n) is 6.11. The standard InChI is InChI=1S/C18H26N2S/c1-4-20-18(13-19)10-5-6-16(18)9-11-21-17-8-7-14(2)12-15(17)3/h7-8,12,16,20H,4-6,9-11H2,1-3H3. The van der Waals surface area contributed by atoms with Gasteiger partial charge >= 0.3 is 0 Å². The SMILES string of the molecule is CCNC1(C#N)CCCC1CCSc1ccc(C)cc1C. The van der Waals surface area contributed by atoms with Gasteiger partial charge in [-0.05, 0) is 63.0 Å². The van der Waals surface area contributed by atoms with Crippen LogP contribution in [-0.4, -0.2) is 17.8 Å². The van der Waals surface area contributed by atoms with E-state index in [0.717, 1.165) is 25.1 Å². The van der Waals surface area contributed by atoms with Gasteiger partial charge in [-0.25, -0.2) is 0 Å². The lowest BCUT2D eigenvalue weighted by Crippen LogP contribution is -2.47. The maximum Gasteiger partial charge on any atom is 0.109 e. The van der Waals surface area contributed by atoms with Crippen molar-refractivity contribution in [3.63, 3.8) is 0 Å². The molecular formula is C18H26N2S. The molecule has 1 fully saturated rings. The fraction of sp³-hybridized carbons (Fsp3) is 0.611. The number of nitrogens with zero attached hydrogens (tertiary/aromatic N) is 1. The summed E-state index contributed by atoms with van der Waals surface area (Å²) >= 11 is 1.93. The number of nitriles is 1. The zero-order valence-electron chi connectivity index (χ0n) is 13.4. The van der Waals surface area contributed by atoms with E-state index in [4.69, 9.17) is 0 Å². The highest BCUT2D eigenvalue weighted by atomic mass is 32.2. The number of rotatable bonds is 6. The summed E-state index contributed by atoms with van der Waals surface area (Å²) in [5.41, 5.74) is 2.42. The van der Waals surface area contributed by atoms with Crippen LogP contribution in [0.15, 0.2) is 23.1 Å². The molecule has 114 valence electrons. The third kappa shape index (κ3) is 3.81. The van der Waals surface area contributed by atoms with E-state index in [1.807, 2.05) is 11.8 Å². The van der Waals surface area contributed by atoms with Gasteiger partial charge in [0, 0.05) is 4.90 Å². The Balaban J connectivity index is 1.92. The molecule has 1 aliphatic rings. The predicted molar refractivity (Wildman–Crippen MR) is 90.6 cm³/mol. The molecule has 1 saturated carbocycles. The van der Waals surface area contributed by atoms with E-state index in [9.17, 15) is 5.26 Å².